The van der Waals surface area contributed by atoms with Crippen molar-refractivity contribution < 1.29 is 4.79 Å². The maximum atomic E-state index is 13.4. The van der Waals surface area contributed by atoms with Gasteiger partial charge in [0.05, 0.1) is 5.57 Å². The molecule has 0 spiro atoms. The lowest BCUT2D eigenvalue weighted by Gasteiger charge is -2.28. The van der Waals surface area contributed by atoms with Crippen molar-refractivity contribution in [1.82, 2.24) is 14.8 Å². The second-order valence-corrected chi connectivity index (χ2v) is 8.68. The van der Waals surface area contributed by atoms with Gasteiger partial charge in [0.15, 0.2) is 0 Å². The Morgan fingerprint density at radius 3 is 2.30 bits per heavy atom. The number of aromatic nitrogens is 3. The molecule has 6 nitrogen and oxygen atoms in total. The monoisotopic (exact) mass is 453 g/mol. The summed E-state index contributed by atoms with van der Waals surface area (Å²) in [6, 6.07) is 29.3. The summed E-state index contributed by atoms with van der Waals surface area (Å²) < 4.78 is 1.82. The van der Waals surface area contributed by atoms with Gasteiger partial charge in [0.1, 0.15) is 6.04 Å². The first kappa shape index (κ1) is 21.0. The van der Waals surface area contributed by atoms with Crippen molar-refractivity contribution in [1.29, 1.82) is 0 Å². The Labute approximate surface area is 196 Å². The molecule has 0 radical (unpaired) electrons. The number of carbonyl (C=O) groups excluding carboxylic acids is 1. The maximum Gasteiger partial charge on any atom is 0.255 e. The quantitative estimate of drug-likeness (QED) is 0.377. The molecule has 164 valence electrons. The Bertz CT molecular complexity index is 1290. The number of para-hydroxylation sites is 1. The van der Waals surface area contributed by atoms with Crippen molar-refractivity contribution in [3.63, 3.8) is 0 Å². The van der Waals surface area contributed by atoms with Crippen LogP contribution in [-0.4, -0.2) is 20.7 Å². The summed E-state index contributed by atoms with van der Waals surface area (Å²) in [5, 5.41) is 11.8. The smallest absolute Gasteiger partial charge is 0.255 e. The molecule has 33 heavy (non-hydrogen) atoms. The van der Waals surface area contributed by atoms with Gasteiger partial charge in [-0.05, 0) is 30.2 Å². The van der Waals surface area contributed by atoms with Crippen LogP contribution in [0.3, 0.4) is 0 Å². The number of carbonyl (C=O) groups is 1. The minimum absolute atomic E-state index is 0.167. The van der Waals surface area contributed by atoms with Crippen LogP contribution in [-0.2, 0) is 10.5 Å². The number of benzene rings is 3. The normalized spacial score (nSPS) is 15.0. The van der Waals surface area contributed by atoms with E-state index in [4.69, 9.17) is 10.1 Å². The summed E-state index contributed by atoms with van der Waals surface area (Å²) in [6.07, 6.45) is 0. The Hall–Kier alpha value is -3.84. The molecule has 1 amide bonds. The van der Waals surface area contributed by atoms with Crippen LogP contribution >= 0.6 is 11.8 Å². The van der Waals surface area contributed by atoms with E-state index in [-0.39, 0.29) is 11.9 Å². The van der Waals surface area contributed by atoms with E-state index < -0.39 is 0 Å². The zero-order chi connectivity index (χ0) is 22.6. The fraction of sp³-hybridized carbons (Fsp3) is 0.115. The van der Waals surface area contributed by atoms with Gasteiger partial charge in [-0.1, -0.05) is 90.6 Å². The first-order valence-corrected chi connectivity index (χ1v) is 11.7. The van der Waals surface area contributed by atoms with E-state index in [9.17, 15) is 4.79 Å². The Morgan fingerprint density at radius 1 is 0.970 bits per heavy atom. The van der Waals surface area contributed by atoms with Crippen LogP contribution in [0.15, 0.2) is 107 Å². The first-order valence-electron chi connectivity index (χ1n) is 10.7. The number of nitrogens with zero attached hydrogens (tertiary/aromatic N) is 3. The second-order valence-electron chi connectivity index (χ2n) is 7.73. The molecule has 0 aliphatic carbocycles. The minimum atomic E-state index is -0.385. The van der Waals surface area contributed by atoms with Crippen molar-refractivity contribution >= 4 is 29.3 Å². The van der Waals surface area contributed by atoms with Gasteiger partial charge in [-0.15, -0.1) is 5.10 Å². The first-order chi connectivity index (χ1) is 16.2. The lowest BCUT2D eigenvalue weighted by atomic mass is 9.95. The number of anilines is 2. The van der Waals surface area contributed by atoms with Gasteiger partial charge in [-0.25, -0.2) is 4.68 Å². The average molecular weight is 454 g/mol. The highest BCUT2D eigenvalue weighted by atomic mass is 32.2. The molecule has 1 aliphatic rings. The molecule has 2 heterocycles. The Kier molecular flexibility index (Phi) is 5.95. The predicted molar refractivity (Wildman–Crippen MR) is 132 cm³/mol. The largest absolute Gasteiger partial charge is 0.328 e. The predicted octanol–water partition coefficient (Wildman–Crippen LogP) is 5.50. The summed E-state index contributed by atoms with van der Waals surface area (Å²) in [7, 11) is 0. The van der Waals surface area contributed by atoms with Crippen LogP contribution in [0, 0.1) is 0 Å². The lowest BCUT2D eigenvalue weighted by molar-refractivity contribution is -0.113. The van der Waals surface area contributed by atoms with Crippen molar-refractivity contribution in [3.8, 4) is 0 Å². The lowest BCUT2D eigenvalue weighted by Crippen LogP contribution is -2.31. The van der Waals surface area contributed by atoms with Gasteiger partial charge in [0.2, 0.25) is 11.1 Å². The number of nitrogens with one attached hydrogen (secondary N) is 2. The van der Waals surface area contributed by atoms with Crippen LogP contribution in [0.4, 0.5) is 11.6 Å². The molecular formula is C26H23N5OS. The molecule has 0 saturated heterocycles. The molecule has 1 atom stereocenters. The fourth-order valence-electron chi connectivity index (χ4n) is 3.87. The number of hydrogen-bond acceptors (Lipinski definition) is 5. The van der Waals surface area contributed by atoms with E-state index in [1.165, 1.54) is 5.56 Å². The maximum absolute atomic E-state index is 13.4. The fourth-order valence-corrected chi connectivity index (χ4v) is 4.66. The van der Waals surface area contributed by atoms with Crippen molar-refractivity contribution in [3.05, 3.63) is 113 Å². The van der Waals surface area contributed by atoms with E-state index in [0.717, 1.165) is 22.7 Å². The van der Waals surface area contributed by atoms with E-state index in [1.807, 2.05) is 90.5 Å². The Balaban J connectivity index is 1.48. The zero-order valence-corrected chi connectivity index (χ0v) is 18.9. The summed E-state index contributed by atoms with van der Waals surface area (Å²) in [5.41, 5.74) is 4.30. The van der Waals surface area contributed by atoms with Gasteiger partial charge < -0.3 is 10.6 Å². The Morgan fingerprint density at radius 2 is 1.61 bits per heavy atom. The van der Waals surface area contributed by atoms with Crippen molar-refractivity contribution in [2.75, 3.05) is 10.6 Å². The molecule has 1 aromatic heterocycles. The molecule has 0 unspecified atom stereocenters. The third-order valence-corrected chi connectivity index (χ3v) is 6.34. The van der Waals surface area contributed by atoms with Gasteiger partial charge in [-0.2, -0.15) is 4.98 Å². The number of thioether (sulfide) groups is 1. The molecule has 3 aromatic carbocycles. The van der Waals surface area contributed by atoms with Crippen molar-refractivity contribution in [2.45, 2.75) is 23.9 Å². The van der Waals surface area contributed by atoms with Crippen LogP contribution in [0.5, 0.6) is 0 Å². The highest BCUT2D eigenvalue weighted by Crippen LogP contribution is 2.36. The second kappa shape index (κ2) is 9.34. The highest BCUT2D eigenvalue weighted by molar-refractivity contribution is 7.98. The minimum Gasteiger partial charge on any atom is -0.328 e. The van der Waals surface area contributed by atoms with E-state index in [1.54, 1.807) is 11.8 Å². The molecule has 0 saturated carbocycles. The van der Waals surface area contributed by atoms with Gasteiger partial charge in [-0.3, -0.25) is 4.79 Å². The summed E-state index contributed by atoms with van der Waals surface area (Å²) in [4.78, 5) is 18.1. The third-order valence-electron chi connectivity index (χ3n) is 5.44. The highest BCUT2D eigenvalue weighted by Gasteiger charge is 2.34. The van der Waals surface area contributed by atoms with Crippen molar-refractivity contribution in [2.24, 2.45) is 0 Å². The summed E-state index contributed by atoms with van der Waals surface area (Å²) in [6.45, 7) is 1.91. The molecule has 4 aromatic rings. The average Bonchev–Trinajstić information content (AvgIpc) is 3.26. The van der Waals surface area contributed by atoms with E-state index in [2.05, 4.69) is 22.8 Å². The van der Waals surface area contributed by atoms with Gasteiger partial charge in [0, 0.05) is 17.1 Å². The van der Waals surface area contributed by atoms with E-state index in [0.29, 0.717) is 16.7 Å². The third kappa shape index (κ3) is 4.54. The molecular weight excluding hydrogens is 430 g/mol. The zero-order valence-electron chi connectivity index (χ0n) is 18.1. The van der Waals surface area contributed by atoms with Crippen LogP contribution in [0.25, 0.3) is 0 Å². The molecule has 1 aliphatic heterocycles. The number of hydrogen-bond donors (Lipinski definition) is 2. The molecule has 7 heteroatoms. The molecule has 0 fully saturated rings. The SMILES string of the molecule is CC1=C(C(=O)Nc2ccccc2)[C@@H](c2ccccc2)n2nc(SCc3ccccc3)nc2N1. The molecule has 5 rings (SSSR count). The van der Waals surface area contributed by atoms with Gasteiger partial charge >= 0.3 is 0 Å². The summed E-state index contributed by atoms with van der Waals surface area (Å²) in [5.74, 6) is 1.24. The van der Waals surface area contributed by atoms with Crippen LogP contribution < -0.4 is 10.6 Å². The molecule has 0 bridgehead atoms. The number of amides is 1. The van der Waals surface area contributed by atoms with Crippen LogP contribution in [0.1, 0.15) is 24.1 Å². The number of rotatable bonds is 6. The standard InChI is InChI=1S/C26H23N5OS/c1-18-22(24(32)28-21-15-9-4-10-16-21)23(20-13-7-3-8-14-20)31-25(27-18)29-26(30-31)33-17-19-11-5-2-6-12-19/h2-16,23H,17H2,1H3,(H,28,32)(H,27,29,30)/t23-/m1/s1. The molecule has 2 N–H and O–H groups in total. The van der Waals surface area contributed by atoms with Crippen LogP contribution in [0.2, 0.25) is 0 Å². The number of allylic oxidation sites excluding steroid dienone is 1. The summed E-state index contributed by atoms with van der Waals surface area (Å²) >= 11 is 1.58. The van der Waals surface area contributed by atoms with E-state index >= 15 is 0 Å². The topological polar surface area (TPSA) is 71.8 Å². The van der Waals surface area contributed by atoms with Gasteiger partial charge in [0.25, 0.3) is 5.91 Å². The number of fused-ring (bicyclic) bond motifs is 1.